The summed E-state index contributed by atoms with van der Waals surface area (Å²) >= 11 is 0. The van der Waals surface area contributed by atoms with Gasteiger partial charge in [-0.05, 0) is 0 Å². The van der Waals surface area contributed by atoms with E-state index in [0.29, 0.717) is 6.23 Å². The highest BCUT2D eigenvalue weighted by atomic mass is 16.9. The van der Waals surface area contributed by atoms with Gasteiger partial charge in [-0.2, -0.15) is 0 Å². The fourth-order valence-corrected chi connectivity index (χ4v) is 1.35. The lowest BCUT2D eigenvalue weighted by Gasteiger charge is -1.95. The second-order valence-electron chi connectivity index (χ2n) is 2.60. The highest BCUT2D eigenvalue weighted by molar-refractivity contribution is 4.59. The summed E-state index contributed by atoms with van der Waals surface area (Å²) in [5.74, 6) is 0. The summed E-state index contributed by atoms with van der Waals surface area (Å²) in [6.45, 7) is 1.24. The van der Waals surface area contributed by atoms with E-state index in [0.717, 1.165) is 4.65 Å². The van der Waals surface area contributed by atoms with Crippen molar-refractivity contribution in [3.63, 3.8) is 0 Å². The molecule has 7 heavy (non-hydrogen) atoms. The molecule has 0 aromatic rings. The van der Waals surface area contributed by atoms with Crippen LogP contribution in [0.25, 0.3) is 0 Å². The van der Waals surface area contributed by atoms with Crippen molar-refractivity contribution >= 4 is 0 Å². The van der Waals surface area contributed by atoms with Crippen LogP contribution in [-0.2, 0) is 4.84 Å². The van der Waals surface area contributed by atoms with Gasteiger partial charge in [-0.25, -0.2) is 0 Å². The summed E-state index contributed by atoms with van der Waals surface area (Å²) in [5, 5.41) is 0. The zero-order valence-electron chi connectivity index (χ0n) is 4.55. The van der Waals surface area contributed by atoms with Crippen LogP contribution in [0, 0.1) is 0 Å². The average molecular weight is 100 g/mol. The van der Waals surface area contributed by atoms with Crippen molar-refractivity contribution < 1.29 is 9.48 Å². The summed E-state index contributed by atoms with van der Waals surface area (Å²) in [4.78, 5) is 5.28. The lowest BCUT2D eigenvalue weighted by molar-refractivity contribution is -0.896. The van der Waals surface area contributed by atoms with E-state index in [1.54, 1.807) is 0 Å². The van der Waals surface area contributed by atoms with E-state index in [1.165, 1.54) is 19.4 Å². The first-order valence-electron chi connectivity index (χ1n) is 2.85. The van der Waals surface area contributed by atoms with Gasteiger partial charge < -0.3 is 0 Å². The number of rotatable bonds is 0. The first kappa shape index (κ1) is 3.87. The van der Waals surface area contributed by atoms with Gasteiger partial charge >= 0.3 is 0 Å². The Kier molecular flexibility index (Phi) is 0.474. The Morgan fingerprint density at radius 1 is 1.71 bits per heavy atom. The summed E-state index contributed by atoms with van der Waals surface area (Å²) in [7, 11) is 2.15. The molecule has 2 rings (SSSR count). The van der Waals surface area contributed by atoms with Crippen LogP contribution in [0.2, 0.25) is 0 Å². The fraction of sp³-hybridized carbons (Fsp3) is 1.00. The van der Waals surface area contributed by atoms with Gasteiger partial charge in [0.1, 0.15) is 13.6 Å². The Morgan fingerprint density at radius 3 is 2.71 bits per heavy atom. The molecule has 0 saturated carbocycles. The van der Waals surface area contributed by atoms with Crippen LogP contribution in [-0.4, -0.2) is 24.5 Å². The average Bonchev–Trinajstić information content (AvgIpc) is 2.09. The van der Waals surface area contributed by atoms with E-state index in [9.17, 15) is 0 Å². The molecular weight excluding hydrogens is 90.1 g/mol. The SMILES string of the molecule is C[N+]12CCCC1O2. The molecule has 0 aromatic heterocycles. The predicted octanol–water partition coefficient (Wildman–Crippen LogP) is 0.498. The van der Waals surface area contributed by atoms with Gasteiger partial charge in [0.25, 0.3) is 6.23 Å². The van der Waals surface area contributed by atoms with Gasteiger partial charge in [0.15, 0.2) is 0 Å². The number of hydrogen-bond donors (Lipinski definition) is 0. The second-order valence-corrected chi connectivity index (χ2v) is 2.60. The molecular formula is C5H10NO+. The van der Waals surface area contributed by atoms with E-state index >= 15 is 0 Å². The normalized spacial score (nSPS) is 57.0. The Morgan fingerprint density at radius 2 is 2.57 bits per heavy atom. The second kappa shape index (κ2) is 0.858. The molecule has 2 heterocycles. The third-order valence-corrected chi connectivity index (χ3v) is 1.98. The van der Waals surface area contributed by atoms with Gasteiger partial charge in [0.2, 0.25) is 0 Å². The van der Waals surface area contributed by atoms with Crippen LogP contribution in [0.1, 0.15) is 12.8 Å². The van der Waals surface area contributed by atoms with Gasteiger partial charge in [0, 0.05) is 12.8 Å². The molecule has 0 aromatic carbocycles. The van der Waals surface area contributed by atoms with Gasteiger partial charge in [-0.1, -0.05) is 0 Å². The molecule has 2 fully saturated rings. The number of fused-ring (bicyclic) bond motifs is 1. The molecule has 2 heteroatoms. The lowest BCUT2D eigenvalue weighted by Crippen LogP contribution is -2.17. The predicted molar refractivity (Wildman–Crippen MR) is 25.2 cm³/mol. The Bertz CT molecular complexity index is 102. The van der Waals surface area contributed by atoms with E-state index in [4.69, 9.17) is 4.84 Å². The molecule has 0 bridgehead atoms. The number of nitrogens with zero attached hydrogens (tertiary/aromatic N) is 1. The molecule has 0 spiro atoms. The van der Waals surface area contributed by atoms with E-state index < -0.39 is 0 Å². The first-order chi connectivity index (χ1) is 3.31. The fourth-order valence-electron chi connectivity index (χ4n) is 1.35. The van der Waals surface area contributed by atoms with Crippen molar-refractivity contribution in [3.8, 4) is 0 Å². The lowest BCUT2D eigenvalue weighted by atomic mass is 10.4. The number of quaternary nitrogens is 1. The molecule has 0 aliphatic carbocycles. The first-order valence-corrected chi connectivity index (χ1v) is 2.85. The molecule has 0 N–H and O–H groups in total. The molecule has 0 radical (unpaired) electrons. The van der Waals surface area contributed by atoms with Crippen molar-refractivity contribution in [3.05, 3.63) is 0 Å². The van der Waals surface area contributed by atoms with Crippen LogP contribution in [0.3, 0.4) is 0 Å². The maximum Gasteiger partial charge on any atom is 0.274 e. The Hall–Kier alpha value is -0.0800. The van der Waals surface area contributed by atoms with Crippen molar-refractivity contribution in [2.75, 3.05) is 13.6 Å². The standard InChI is InChI=1S/C5H10NO/c1-6-4-2-3-5(6)7-6/h5H,2-4H2,1H3/q+1. The van der Waals surface area contributed by atoms with E-state index in [1.807, 2.05) is 0 Å². The van der Waals surface area contributed by atoms with Gasteiger partial charge in [-0.3, -0.25) is 0 Å². The number of hydroxylamine groups is 3. The van der Waals surface area contributed by atoms with E-state index in [-0.39, 0.29) is 0 Å². The molecule has 2 nitrogen and oxygen atoms in total. The van der Waals surface area contributed by atoms with Crippen molar-refractivity contribution in [1.29, 1.82) is 0 Å². The summed E-state index contributed by atoms with van der Waals surface area (Å²) in [6, 6.07) is 0. The Balaban J connectivity index is 2.17. The quantitative estimate of drug-likeness (QED) is 0.319. The molecule has 40 valence electrons. The highest BCUT2D eigenvalue weighted by Crippen LogP contribution is 2.40. The summed E-state index contributed by atoms with van der Waals surface area (Å²) < 4.78 is 0.917. The zero-order valence-corrected chi connectivity index (χ0v) is 4.55. The maximum absolute atomic E-state index is 5.28. The Labute approximate surface area is 43.2 Å². The van der Waals surface area contributed by atoms with Crippen LogP contribution in [0.15, 0.2) is 0 Å². The molecule has 2 atom stereocenters. The molecule has 2 saturated heterocycles. The van der Waals surface area contributed by atoms with Crippen LogP contribution in [0.4, 0.5) is 0 Å². The molecule has 2 aliphatic heterocycles. The van der Waals surface area contributed by atoms with Crippen LogP contribution in [0.5, 0.6) is 0 Å². The molecule has 2 unspecified atom stereocenters. The minimum Gasteiger partial charge on any atom is -0.146 e. The summed E-state index contributed by atoms with van der Waals surface area (Å²) in [6.07, 6.45) is 3.25. The smallest absolute Gasteiger partial charge is 0.146 e. The number of hydrogen-bond acceptors (Lipinski definition) is 1. The maximum atomic E-state index is 5.28. The largest absolute Gasteiger partial charge is 0.274 e. The topological polar surface area (TPSA) is 12.5 Å². The van der Waals surface area contributed by atoms with Gasteiger partial charge in [0.05, 0.1) is 0 Å². The monoisotopic (exact) mass is 100 g/mol. The van der Waals surface area contributed by atoms with Crippen LogP contribution >= 0.6 is 0 Å². The highest BCUT2D eigenvalue weighted by Gasteiger charge is 2.58. The van der Waals surface area contributed by atoms with Crippen molar-refractivity contribution in [2.45, 2.75) is 19.1 Å². The van der Waals surface area contributed by atoms with Gasteiger partial charge in [-0.15, -0.1) is 9.48 Å². The summed E-state index contributed by atoms with van der Waals surface area (Å²) in [5.41, 5.74) is 0. The molecule has 2 aliphatic rings. The van der Waals surface area contributed by atoms with Crippen LogP contribution < -0.4 is 0 Å². The van der Waals surface area contributed by atoms with Crippen molar-refractivity contribution in [1.82, 2.24) is 0 Å². The van der Waals surface area contributed by atoms with E-state index in [2.05, 4.69) is 7.05 Å². The minimum atomic E-state index is 0.597. The minimum absolute atomic E-state index is 0.597. The third kappa shape index (κ3) is 0.359. The third-order valence-electron chi connectivity index (χ3n) is 1.98. The van der Waals surface area contributed by atoms with Crippen molar-refractivity contribution in [2.24, 2.45) is 0 Å². The molecule has 0 amide bonds. The zero-order chi connectivity index (χ0) is 4.91.